The van der Waals surface area contributed by atoms with E-state index in [-0.39, 0.29) is 11.0 Å². The minimum absolute atomic E-state index is 0.279. The fourth-order valence-corrected chi connectivity index (χ4v) is 4.39. The van der Waals surface area contributed by atoms with Gasteiger partial charge in [-0.25, -0.2) is 0 Å². The van der Waals surface area contributed by atoms with Gasteiger partial charge in [-0.2, -0.15) is 0 Å². The van der Waals surface area contributed by atoms with Crippen molar-refractivity contribution in [2.75, 3.05) is 13.1 Å². The SMILES string of the molecule is CCC1(C2CCNC2)C=CC=C2Oc3ccccc3C(C(=O)[O-])=C21.O=S(=O)([O-])[O-]. The molecule has 0 radical (unpaired) electrons. The highest BCUT2D eigenvalue weighted by Crippen LogP contribution is 2.53. The summed E-state index contributed by atoms with van der Waals surface area (Å²) in [5.74, 6) is 0.437. The van der Waals surface area contributed by atoms with Crippen molar-refractivity contribution in [1.82, 2.24) is 5.32 Å². The standard InChI is InChI=1S/C20H21NO3.H2O4S/c1-2-20(13-9-11-21-12-13)10-5-8-16-18(20)17(19(22)23)14-6-3-4-7-15(14)24-16;1-5(2,3)4/h3-8,10,13,21H,2,9,11-12H2,1H3,(H,22,23);(H2,1,2,3,4)/p-3. The van der Waals surface area contributed by atoms with Gasteiger partial charge in [0.25, 0.3) is 0 Å². The van der Waals surface area contributed by atoms with Crippen molar-refractivity contribution in [3.05, 3.63) is 59.4 Å². The lowest BCUT2D eigenvalue weighted by atomic mass is 9.63. The molecule has 1 saturated heterocycles. The van der Waals surface area contributed by atoms with E-state index in [1.54, 1.807) is 12.1 Å². The Morgan fingerprint density at radius 3 is 2.59 bits per heavy atom. The molecule has 8 nitrogen and oxygen atoms in total. The van der Waals surface area contributed by atoms with Gasteiger partial charge in [0.2, 0.25) is 0 Å². The third-order valence-electron chi connectivity index (χ3n) is 5.56. The van der Waals surface area contributed by atoms with Crippen molar-refractivity contribution in [2.24, 2.45) is 11.3 Å². The second-order valence-corrected chi connectivity index (χ2v) is 7.83. The number of hydrogen-bond acceptors (Lipinski definition) is 8. The summed E-state index contributed by atoms with van der Waals surface area (Å²) in [6.07, 6.45) is 7.87. The number of benzene rings is 1. The average Bonchev–Trinajstić information content (AvgIpc) is 3.19. The van der Waals surface area contributed by atoms with Crippen molar-refractivity contribution in [3.8, 4) is 5.75 Å². The lowest BCUT2D eigenvalue weighted by molar-refractivity contribution is -0.295. The maximum absolute atomic E-state index is 12.1. The molecule has 2 atom stereocenters. The summed E-state index contributed by atoms with van der Waals surface area (Å²) < 4.78 is 40.2. The van der Waals surface area contributed by atoms with Crippen LogP contribution in [0.4, 0.5) is 0 Å². The van der Waals surface area contributed by atoms with Crippen LogP contribution in [-0.2, 0) is 15.2 Å². The van der Waals surface area contributed by atoms with Crippen molar-refractivity contribution in [3.63, 3.8) is 0 Å². The topological polar surface area (TPSA) is 142 Å². The molecule has 9 heteroatoms. The first-order valence-electron chi connectivity index (χ1n) is 9.18. The molecule has 0 bridgehead atoms. The number of fused-ring (bicyclic) bond motifs is 2. The van der Waals surface area contributed by atoms with Crippen LogP contribution in [0.2, 0.25) is 0 Å². The molecule has 1 aromatic rings. The Hall–Kier alpha value is -2.46. The summed E-state index contributed by atoms with van der Waals surface area (Å²) in [5.41, 5.74) is 1.33. The molecule has 0 spiro atoms. The van der Waals surface area contributed by atoms with Crippen LogP contribution >= 0.6 is 0 Å². The Morgan fingerprint density at radius 2 is 2.00 bits per heavy atom. The Labute approximate surface area is 169 Å². The molecular weight excluding hydrogens is 398 g/mol. The maximum Gasteiger partial charge on any atom is 0.135 e. The number of carbonyl (C=O) groups excluding carboxylic acids is 1. The van der Waals surface area contributed by atoms with Crippen LogP contribution in [0.3, 0.4) is 0 Å². The third kappa shape index (κ3) is 4.27. The number of nitrogens with one attached hydrogen (secondary N) is 1. The van der Waals surface area contributed by atoms with E-state index in [0.717, 1.165) is 31.5 Å². The van der Waals surface area contributed by atoms with Crippen molar-refractivity contribution in [1.29, 1.82) is 0 Å². The molecule has 0 saturated carbocycles. The van der Waals surface area contributed by atoms with Crippen molar-refractivity contribution < 1.29 is 32.2 Å². The quantitative estimate of drug-likeness (QED) is 0.558. The molecule has 0 amide bonds. The van der Waals surface area contributed by atoms with E-state index in [4.69, 9.17) is 22.3 Å². The van der Waals surface area contributed by atoms with Crippen molar-refractivity contribution in [2.45, 2.75) is 19.8 Å². The highest BCUT2D eigenvalue weighted by molar-refractivity contribution is 7.79. The number of rotatable bonds is 3. The molecule has 3 aliphatic rings. The number of para-hydroxylation sites is 1. The van der Waals surface area contributed by atoms with Gasteiger partial charge in [-0.1, -0.05) is 37.3 Å². The number of allylic oxidation sites excluding steroid dienone is 4. The molecule has 0 aromatic heterocycles. The summed E-state index contributed by atoms with van der Waals surface area (Å²) in [6.45, 7) is 3.97. The van der Waals surface area contributed by atoms with Crippen LogP contribution in [0.5, 0.6) is 5.75 Å². The first-order chi connectivity index (χ1) is 13.7. The number of ether oxygens (including phenoxy) is 1. The minimum atomic E-state index is -5.17. The van der Waals surface area contributed by atoms with E-state index < -0.39 is 16.4 Å². The lowest BCUT2D eigenvalue weighted by Crippen LogP contribution is -2.39. The van der Waals surface area contributed by atoms with Gasteiger partial charge >= 0.3 is 0 Å². The van der Waals surface area contributed by atoms with Gasteiger partial charge < -0.3 is 29.1 Å². The Morgan fingerprint density at radius 1 is 1.31 bits per heavy atom. The normalized spacial score (nSPS) is 25.2. The van der Waals surface area contributed by atoms with E-state index in [1.807, 2.05) is 24.3 Å². The molecule has 1 aromatic carbocycles. The number of hydrogen-bond donors (Lipinski definition) is 1. The maximum atomic E-state index is 12.1. The van der Waals surface area contributed by atoms with Crippen LogP contribution < -0.4 is 15.2 Å². The first kappa shape index (κ1) is 21.3. The lowest BCUT2D eigenvalue weighted by Gasteiger charge is -2.43. The predicted octanol–water partition coefficient (Wildman–Crippen LogP) is 0.704. The summed E-state index contributed by atoms with van der Waals surface area (Å²) in [5, 5.41) is 15.5. The largest absolute Gasteiger partial charge is 0.759 e. The fraction of sp³-hybridized carbons (Fsp3) is 0.350. The molecule has 1 N–H and O–H groups in total. The number of carboxylic acid groups (broad SMARTS) is 1. The fourth-order valence-electron chi connectivity index (χ4n) is 4.39. The second kappa shape index (κ2) is 8.11. The van der Waals surface area contributed by atoms with Gasteiger partial charge in [0.15, 0.2) is 0 Å². The van der Waals surface area contributed by atoms with E-state index in [2.05, 4.69) is 18.3 Å². The van der Waals surface area contributed by atoms with Gasteiger partial charge in [-0.3, -0.25) is 8.42 Å². The molecule has 1 aliphatic carbocycles. The van der Waals surface area contributed by atoms with Crippen LogP contribution in [0.25, 0.3) is 5.57 Å². The third-order valence-corrected chi connectivity index (χ3v) is 5.56. The molecule has 2 aliphatic heterocycles. The highest BCUT2D eigenvalue weighted by Gasteiger charge is 2.46. The number of carbonyl (C=O) groups is 1. The van der Waals surface area contributed by atoms with Gasteiger partial charge in [0.1, 0.15) is 11.5 Å². The Bertz CT molecular complexity index is 995. The minimum Gasteiger partial charge on any atom is -0.759 e. The van der Waals surface area contributed by atoms with Gasteiger partial charge in [-0.05, 0) is 44.0 Å². The summed E-state index contributed by atoms with van der Waals surface area (Å²) in [4.78, 5) is 12.1. The monoisotopic (exact) mass is 418 g/mol. The molecule has 2 heterocycles. The highest BCUT2D eigenvalue weighted by atomic mass is 32.3. The van der Waals surface area contributed by atoms with Crippen LogP contribution in [-0.4, -0.2) is 36.6 Å². The predicted molar refractivity (Wildman–Crippen MR) is 100 cm³/mol. The van der Waals surface area contributed by atoms with Gasteiger partial charge in [-0.15, -0.1) is 0 Å². The molecule has 4 rings (SSSR count). The molecular formula is C20H20NO7S-3. The summed E-state index contributed by atoms with van der Waals surface area (Å²) in [7, 11) is -5.17. The van der Waals surface area contributed by atoms with Gasteiger partial charge in [0, 0.05) is 32.5 Å². The van der Waals surface area contributed by atoms with Crippen LogP contribution in [0.1, 0.15) is 25.3 Å². The number of carboxylic acids is 1. The number of aliphatic carboxylic acids is 1. The van der Waals surface area contributed by atoms with Gasteiger partial charge in [0.05, 0.1) is 5.97 Å². The second-order valence-electron chi connectivity index (χ2n) is 7.02. The molecule has 1 fully saturated rings. The Balaban J connectivity index is 0.000000431. The molecule has 2 unspecified atom stereocenters. The van der Waals surface area contributed by atoms with Crippen LogP contribution in [0, 0.1) is 11.3 Å². The smallest absolute Gasteiger partial charge is 0.135 e. The molecule has 156 valence electrons. The Kier molecular flexibility index (Phi) is 5.95. The first-order valence-corrected chi connectivity index (χ1v) is 10.5. The van der Waals surface area contributed by atoms with E-state index in [1.165, 1.54) is 0 Å². The van der Waals surface area contributed by atoms with E-state index in [0.29, 0.717) is 23.0 Å². The van der Waals surface area contributed by atoms with Crippen molar-refractivity contribution >= 4 is 21.9 Å². The zero-order valence-corrected chi connectivity index (χ0v) is 16.5. The van der Waals surface area contributed by atoms with Crippen LogP contribution in [0.15, 0.2) is 53.8 Å². The molecule has 29 heavy (non-hydrogen) atoms. The zero-order valence-electron chi connectivity index (χ0n) is 15.7. The van der Waals surface area contributed by atoms with E-state index >= 15 is 0 Å². The average molecular weight is 418 g/mol. The zero-order chi connectivity index (χ0) is 21.2. The summed E-state index contributed by atoms with van der Waals surface area (Å²) >= 11 is 0. The van der Waals surface area contributed by atoms with E-state index in [9.17, 15) is 9.90 Å². The summed E-state index contributed by atoms with van der Waals surface area (Å²) in [6, 6.07) is 7.29.